The zero-order valence-electron chi connectivity index (χ0n) is 11.3. The number of anilines is 1. The van der Waals surface area contributed by atoms with Gasteiger partial charge in [0.1, 0.15) is 11.4 Å². The van der Waals surface area contributed by atoms with E-state index in [9.17, 15) is 4.39 Å². The van der Waals surface area contributed by atoms with Gasteiger partial charge in [0.25, 0.3) is 0 Å². The molecule has 1 aliphatic rings. The van der Waals surface area contributed by atoms with E-state index in [-0.39, 0.29) is 5.69 Å². The van der Waals surface area contributed by atoms with Crippen LogP contribution in [0.5, 0.6) is 5.75 Å². The van der Waals surface area contributed by atoms with E-state index in [1.54, 1.807) is 0 Å². The quantitative estimate of drug-likeness (QED) is 0.930. The molecule has 5 heteroatoms. The normalized spacial score (nSPS) is 12.9. The number of ether oxygens (including phenoxy) is 1. The first-order valence-electron chi connectivity index (χ1n) is 6.81. The number of hydrogen-bond acceptors (Lipinski definition) is 4. The van der Waals surface area contributed by atoms with Gasteiger partial charge >= 0.3 is 0 Å². The maximum Gasteiger partial charge on any atom is 0.223 e. The molecular weight excluding hydrogens is 257 g/mol. The highest BCUT2D eigenvalue weighted by atomic mass is 19.1. The molecule has 0 saturated heterocycles. The van der Waals surface area contributed by atoms with Gasteiger partial charge in [-0.2, -0.15) is 0 Å². The third kappa shape index (κ3) is 2.31. The number of hydrogen-bond donors (Lipinski definition) is 1. The zero-order valence-corrected chi connectivity index (χ0v) is 11.3. The molecule has 1 N–H and O–H groups in total. The number of fused-ring (bicyclic) bond motifs is 1. The first kappa shape index (κ1) is 12.8. The van der Waals surface area contributed by atoms with Crippen LogP contribution in [0.2, 0.25) is 0 Å². The summed E-state index contributed by atoms with van der Waals surface area (Å²) in [5, 5.41) is 3.07. The van der Waals surface area contributed by atoms with Crippen molar-refractivity contribution in [3.63, 3.8) is 0 Å². The van der Waals surface area contributed by atoms with Gasteiger partial charge in [0.05, 0.1) is 12.8 Å². The van der Waals surface area contributed by atoms with Gasteiger partial charge in [0.2, 0.25) is 5.95 Å². The van der Waals surface area contributed by atoms with Crippen molar-refractivity contribution in [2.45, 2.75) is 19.8 Å². The third-order valence-electron chi connectivity index (χ3n) is 3.25. The van der Waals surface area contributed by atoms with Crippen LogP contribution in [-0.4, -0.2) is 23.1 Å². The van der Waals surface area contributed by atoms with E-state index in [0.29, 0.717) is 18.1 Å². The molecule has 0 amide bonds. The average molecular weight is 273 g/mol. The molecule has 104 valence electrons. The summed E-state index contributed by atoms with van der Waals surface area (Å²) >= 11 is 0. The lowest BCUT2D eigenvalue weighted by Gasteiger charge is -2.10. The fourth-order valence-electron chi connectivity index (χ4n) is 2.28. The predicted molar refractivity (Wildman–Crippen MR) is 75.4 cm³/mol. The van der Waals surface area contributed by atoms with Crippen molar-refractivity contribution in [3.05, 3.63) is 35.8 Å². The molecule has 0 fully saturated rings. The summed E-state index contributed by atoms with van der Waals surface area (Å²) in [6, 6.07) is 5.74. The first-order valence-corrected chi connectivity index (χ1v) is 6.81. The molecule has 3 rings (SSSR count). The molecule has 1 aromatic heterocycles. The molecule has 0 atom stereocenters. The molecule has 2 aromatic rings. The standard InChI is InChI=1S/C15H16FN3O/c1-2-7-17-15-18-9-12(16)13(19-15)11-5-3-4-10-6-8-20-14(10)11/h3-5,9H,2,6-8H2,1H3,(H,17,18,19). The van der Waals surface area contributed by atoms with Crippen molar-refractivity contribution in [1.82, 2.24) is 9.97 Å². The number of halogens is 1. The van der Waals surface area contributed by atoms with Crippen LogP contribution in [0.4, 0.5) is 10.3 Å². The number of aromatic nitrogens is 2. The molecule has 0 saturated carbocycles. The minimum Gasteiger partial charge on any atom is -0.492 e. The van der Waals surface area contributed by atoms with Gasteiger partial charge in [-0.3, -0.25) is 0 Å². The summed E-state index contributed by atoms with van der Waals surface area (Å²) < 4.78 is 19.7. The molecule has 0 spiro atoms. The van der Waals surface area contributed by atoms with Crippen molar-refractivity contribution in [2.24, 2.45) is 0 Å². The van der Waals surface area contributed by atoms with Crippen LogP contribution in [0.3, 0.4) is 0 Å². The van der Waals surface area contributed by atoms with Crippen molar-refractivity contribution in [3.8, 4) is 17.0 Å². The molecule has 0 aliphatic carbocycles. The zero-order chi connectivity index (χ0) is 13.9. The Labute approximate surface area is 117 Å². The van der Waals surface area contributed by atoms with E-state index in [4.69, 9.17) is 4.74 Å². The Morgan fingerprint density at radius 1 is 1.40 bits per heavy atom. The van der Waals surface area contributed by atoms with Crippen molar-refractivity contribution >= 4 is 5.95 Å². The molecule has 20 heavy (non-hydrogen) atoms. The first-order chi connectivity index (χ1) is 9.79. The highest BCUT2D eigenvalue weighted by Gasteiger charge is 2.20. The van der Waals surface area contributed by atoms with Gasteiger partial charge in [0, 0.05) is 18.5 Å². The third-order valence-corrected chi connectivity index (χ3v) is 3.25. The molecule has 4 nitrogen and oxygen atoms in total. The topological polar surface area (TPSA) is 47.0 Å². The minimum absolute atomic E-state index is 0.289. The lowest BCUT2D eigenvalue weighted by molar-refractivity contribution is 0.357. The molecule has 1 aromatic carbocycles. The van der Waals surface area contributed by atoms with Gasteiger partial charge < -0.3 is 10.1 Å². The molecule has 2 heterocycles. The fraction of sp³-hybridized carbons (Fsp3) is 0.333. The number of nitrogens with zero attached hydrogens (tertiary/aromatic N) is 2. The van der Waals surface area contributed by atoms with Gasteiger partial charge in [-0.05, 0) is 18.1 Å². The number of rotatable bonds is 4. The summed E-state index contributed by atoms with van der Waals surface area (Å²) in [6.07, 6.45) is 3.02. The molecule has 1 aliphatic heterocycles. The smallest absolute Gasteiger partial charge is 0.223 e. The Bertz CT molecular complexity index is 631. The Balaban J connectivity index is 2.03. The van der Waals surface area contributed by atoms with E-state index in [1.165, 1.54) is 6.20 Å². The second kappa shape index (κ2) is 5.45. The van der Waals surface area contributed by atoms with Crippen molar-refractivity contribution in [1.29, 1.82) is 0 Å². The Hall–Kier alpha value is -2.17. The predicted octanol–water partition coefficient (Wildman–Crippen LogP) is 3.04. The molecular formula is C15H16FN3O. The van der Waals surface area contributed by atoms with Gasteiger partial charge in [-0.25, -0.2) is 14.4 Å². The summed E-state index contributed by atoms with van der Waals surface area (Å²) in [5.41, 5.74) is 2.08. The van der Waals surface area contributed by atoms with Crippen LogP contribution < -0.4 is 10.1 Å². The summed E-state index contributed by atoms with van der Waals surface area (Å²) in [4.78, 5) is 8.24. The Morgan fingerprint density at radius 2 is 2.30 bits per heavy atom. The van der Waals surface area contributed by atoms with E-state index < -0.39 is 5.82 Å². The van der Waals surface area contributed by atoms with Gasteiger partial charge in [-0.1, -0.05) is 19.1 Å². The Kier molecular flexibility index (Phi) is 3.50. The van der Waals surface area contributed by atoms with E-state index in [2.05, 4.69) is 22.2 Å². The van der Waals surface area contributed by atoms with Crippen LogP contribution in [-0.2, 0) is 6.42 Å². The second-order valence-electron chi connectivity index (χ2n) is 4.71. The molecule has 0 unspecified atom stereocenters. The number of benzene rings is 1. The SMILES string of the molecule is CCCNc1ncc(F)c(-c2cccc3c2OCC3)n1. The fourth-order valence-corrected chi connectivity index (χ4v) is 2.28. The molecule has 0 radical (unpaired) electrons. The number of nitrogens with one attached hydrogen (secondary N) is 1. The van der Waals surface area contributed by atoms with E-state index in [1.807, 2.05) is 18.2 Å². The van der Waals surface area contributed by atoms with Crippen LogP contribution in [0.1, 0.15) is 18.9 Å². The largest absolute Gasteiger partial charge is 0.492 e. The summed E-state index contributed by atoms with van der Waals surface area (Å²) in [5.74, 6) is 0.751. The minimum atomic E-state index is -0.434. The van der Waals surface area contributed by atoms with Crippen molar-refractivity contribution in [2.75, 3.05) is 18.5 Å². The average Bonchev–Trinajstić information content (AvgIpc) is 2.95. The summed E-state index contributed by atoms with van der Waals surface area (Å²) in [6.45, 7) is 3.45. The van der Waals surface area contributed by atoms with Crippen LogP contribution in [0.25, 0.3) is 11.3 Å². The van der Waals surface area contributed by atoms with Crippen LogP contribution in [0.15, 0.2) is 24.4 Å². The number of para-hydroxylation sites is 1. The van der Waals surface area contributed by atoms with Crippen LogP contribution >= 0.6 is 0 Å². The van der Waals surface area contributed by atoms with E-state index in [0.717, 1.165) is 30.7 Å². The lowest BCUT2D eigenvalue weighted by Crippen LogP contribution is -2.06. The Morgan fingerprint density at radius 3 is 3.15 bits per heavy atom. The monoisotopic (exact) mass is 273 g/mol. The lowest BCUT2D eigenvalue weighted by atomic mass is 10.1. The summed E-state index contributed by atoms with van der Waals surface area (Å²) in [7, 11) is 0. The maximum absolute atomic E-state index is 14.0. The molecule has 0 bridgehead atoms. The van der Waals surface area contributed by atoms with Gasteiger partial charge in [0.15, 0.2) is 5.82 Å². The van der Waals surface area contributed by atoms with Gasteiger partial charge in [-0.15, -0.1) is 0 Å². The highest BCUT2D eigenvalue weighted by Crippen LogP contribution is 2.36. The van der Waals surface area contributed by atoms with E-state index >= 15 is 0 Å². The maximum atomic E-state index is 14.0. The highest BCUT2D eigenvalue weighted by molar-refractivity contribution is 5.71. The second-order valence-corrected chi connectivity index (χ2v) is 4.71. The van der Waals surface area contributed by atoms with Crippen molar-refractivity contribution < 1.29 is 9.13 Å². The van der Waals surface area contributed by atoms with Crippen LogP contribution in [0, 0.1) is 5.82 Å².